The number of primary amides is 1. The summed E-state index contributed by atoms with van der Waals surface area (Å²) in [6.07, 6.45) is 1.74. The van der Waals surface area contributed by atoms with E-state index < -0.39 is 6.09 Å². The second-order valence-corrected chi connectivity index (χ2v) is 6.23. The molecule has 0 unspecified atom stereocenters. The zero-order chi connectivity index (χ0) is 19.0. The molecule has 0 aliphatic rings. The molecular weight excluding hydrogens is 330 g/mol. The fourth-order valence-corrected chi connectivity index (χ4v) is 3.31. The van der Waals surface area contributed by atoms with Crippen molar-refractivity contribution in [2.75, 3.05) is 13.2 Å². The minimum Gasteiger partial charge on any atom is -0.508 e. The van der Waals surface area contributed by atoms with E-state index in [0.717, 1.165) is 18.6 Å². The van der Waals surface area contributed by atoms with Crippen LogP contribution in [0.5, 0.6) is 11.5 Å². The van der Waals surface area contributed by atoms with Crippen LogP contribution in [0.4, 0.5) is 4.79 Å². The first-order valence-corrected chi connectivity index (χ1v) is 8.97. The number of rotatable bonds is 9. The van der Waals surface area contributed by atoms with Crippen molar-refractivity contribution in [2.45, 2.75) is 38.5 Å². The van der Waals surface area contributed by atoms with Crippen molar-refractivity contribution < 1.29 is 19.4 Å². The highest BCUT2D eigenvalue weighted by molar-refractivity contribution is 5.64. The molecule has 0 bridgehead atoms. The number of hydrogen-bond acceptors (Lipinski definition) is 4. The maximum absolute atomic E-state index is 10.5. The Morgan fingerprint density at radius 2 is 1.50 bits per heavy atom. The zero-order valence-corrected chi connectivity index (χ0v) is 15.4. The summed E-state index contributed by atoms with van der Waals surface area (Å²) < 4.78 is 10.4. The highest BCUT2D eigenvalue weighted by atomic mass is 16.5. The lowest BCUT2D eigenvalue weighted by Gasteiger charge is -2.33. The normalized spacial score (nSPS) is 11.2. The summed E-state index contributed by atoms with van der Waals surface area (Å²) in [5, 5.41) is 9.57. The molecule has 140 valence electrons. The van der Waals surface area contributed by atoms with E-state index >= 15 is 0 Å². The molecule has 0 radical (unpaired) electrons. The van der Waals surface area contributed by atoms with E-state index in [4.69, 9.17) is 10.5 Å². The third-order valence-corrected chi connectivity index (χ3v) is 4.84. The van der Waals surface area contributed by atoms with Crippen LogP contribution in [0.2, 0.25) is 0 Å². The second-order valence-electron chi connectivity index (χ2n) is 6.23. The molecule has 0 saturated heterocycles. The van der Waals surface area contributed by atoms with Crippen molar-refractivity contribution in [3.05, 3.63) is 59.7 Å². The summed E-state index contributed by atoms with van der Waals surface area (Å²) in [6, 6.07) is 15.6. The summed E-state index contributed by atoms with van der Waals surface area (Å²) in [7, 11) is 0. The first-order chi connectivity index (χ1) is 12.5. The van der Waals surface area contributed by atoms with Crippen molar-refractivity contribution in [3.8, 4) is 11.5 Å². The van der Waals surface area contributed by atoms with Gasteiger partial charge in [-0.1, -0.05) is 38.1 Å². The fourth-order valence-electron chi connectivity index (χ4n) is 3.31. The Kier molecular flexibility index (Phi) is 6.89. The summed E-state index contributed by atoms with van der Waals surface area (Å²) >= 11 is 0. The van der Waals surface area contributed by atoms with E-state index in [9.17, 15) is 9.90 Å². The van der Waals surface area contributed by atoms with E-state index in [1.54, 1.807) is 12.1 Å². The number of nitrogens with two attached hydrogens (primary N) is 1. The molecule has 0 heterocycles. The molecule has 5 nitrogen and oxygen atoms in total. The molecule has 0 aromatic heterocycles. The van der Waals surface area contributed by atoms with Crippen molar-refractivity contribution in [2.24, 2.45) is 5.73 Å². The Bertz CT molecular complexity index is 691. The fraction of sp³-hybridized carbons (Fsp3) is 0.381. The Balaban J connectivity index is 2.08. The molecule has 3 N–H and O–H groups in total. The van der Waals surface area contributed by atoms with Crippen LogP contribution < -0.4 is 10.5 Å². The summed E-state index contributed by atoms with van der Waals surface area (Å²) in [5.74, 6) is 1.05. The maximum atomic E-state index is 10.5. The summed E-state index contributed by atoms with van der Waals surface area (Å²) in [4.78, 5) is 10.5. The highest BCUT2D eigenvalue weighted by Gasteiger charge is 2.30. The molecule has 2 aromatic carbocycles. The van der Waals surface area contributed by atoms with Gasteiger partial charge in [0.25, 0.3) is 0 Å². The van der Waals surface area contributed by atoms with Crippen molar-refractivity contribution in [1.29, 1.82) is 0 Å². The van der Waals surface area contributed by atoms with E-state index in [1.165, 1.54) is 11.1 Å². The van der Waals surface area contributed by atoms with Gasteiger partial charge in [0.15, 0.2) is 0 Å². The number of aromatic hydroxyl groups is 1. The topological polar surface area (TPSA) is 81.8 Å². The molecule has 26 heavy (non-hydrogen) atoms. The molecule has 2 rings (SSSR count). The van der Waals surface area contributed by atoms with Gasteiger partial charge >= 0.3 is 6.09 Å². The lowest BCUT2D eigenvalue weighted by atomic mass is 9.70. The number of phenols is 1. The van der Waals surface area contributed by atoms with Gasteiger partial charge in [-0.2, -0.15) is 0 Å². The van der Waals surface area contributed by atoms with Gasteiger partial charge in [0.05, 0.1) is 13.2 Å². The van der Waals surface area contributed by atoms with Gasteiger partial charge in [-0.25, -0.2) is 4.79 Å². The largest absolute Gasteiger partial charge is 0.508 e. The van der Waals surface area contributed by atoms with Crippen LogP contribution in [0.25, 0.3) is 0 Å². The lowest BCUT2D eigenvalue weighted by molar-refractivity contribution is 0.147. The van der Waals surface area contributed by atoms with Gasteiger partial charge in [-0.15, -0.1) is 0 Å². The Labute approximate surface area is 154 Å². The number of ether oxygens (including phenoxy) is 2. The molecule has 5 heteroatoms. The average Bonchev–Trinajstić information content (AvgIpc) is 2.65. The molecule has 0 fully saturated rings. The predicted octanol–water partition coefficient (Wildman–Crippen LogP) is 4.36. The standard InChI is InChI=1S/C21H27NO4/c1-3-21(4-2,16-6-10-18(23)11-7-16)17-8-12-19(13-9-17)25-14-5-15-26-20(22)24/h6-13,23H,3-5,14-15H2,1-2H3,(H2,22,24). The SMILES string of the molecule is CCC(CC)(c1ccc(O)cc1)c1ccc(OCCCOC(N)=O)cc1. The molecule has 2 aromatic rings. The van der Waals surface area contributed by atoms with Crippen LogP contribution in [-0.4, -0.2) is 24.4 Å². The van der Waals surface area contributed by atoms with Crippen molar-refractivity contribution in [3.63, 3.8) is 0 Å². The van der Waals surface area contributed by atoms with Gasteiger partial charge in [-0.3, -0.25) is 0 Å². The van der Waals surface area contributed by atoms with Gasteiger partial charge in [-0.05, 0) is 48.2 Å². The summed E-state index contributed by atoms with van der Waals surface area (Å²) in [6.45, 7) is 5.07. The highest BCUT2D eigenvalue weighted by Crippen LogP contribution is 2.39. The van der Waals surface area contributed by atoms with Crippen LogP contribution in [0, 0.1) is 0 Å². The quantitative estimate of drug-likeness (QED) is 0.653. The molecule has 0 saturated carbocycles. The van der Waals surface area contributed by atoms with Crippen LogP contribution in [0.1, 0.15) is 44.2 Å². The number of phenolic OH excluding ortho intramolecular Hbond substituents is 1. The van der Waals surface area contributed by atoms with Crippen molar-refractivity contribution >= 4 is 6.09 Å². The number of amides is 1. The lowest BCUT2D eigenvalue weighted by Crippen LogP contribution is -2.25. The van der Waals surface area contributed by atoms with Crippen LogP contribution in [0.15, 0.2) is 48.5 Å². The third kappa shape index (κ3) is 4.69. The van der Waals surface area contributed by atoms with Crippen LogP contribution in [0.3, 0.4) is 0 Å². The molecule has 0 aliphatic heterocycles. The molecule has 0 spiro atoms. The van der Waals surface area contributed by atoms with E-state index in [2.05, 4.69) is 30.7 Å². The number of benzene rings is 2. The first kappa shape index (κ1) is 19.6. The minimum absolute atomic E-state index is 0.0957. The number of carbonyl (C=O) groups is 1. The second kappa shape index (κ2) is 9.13. The third-order valence-electron chi connectivity index (χ3n) is 4.84. The smallest absolute Gasteiger partial charge is 0.404 e. The van der Waals surface area contributed by atoms with Crippen LogP contribution >= 0.6 is 0 Å². The number of hydrogen-bond donors (Lipinski definition) is 2. The van der Waals surface area contributed by atoms with E-state index in [0.29, 0.717) is 13.0 Å². The van der Waals surface area contributed by atoms with Crippen LogP contribution in [-0.2, 0) is 10.2 Å². The predicted molar refractivity (Wildman–Crippen MR) is 102 cm³/mol. The van der Waals surface area contributed by atoms with Gasteiger partial charge in [0.2, 0.25) is 0 Å². The van der Waals surface area contributed by atoms with E-state index in [-0.39, 0.29) is 17.8 Å². The summed E-state index contributed by atoms with van der Waals surface area (Å²) in [5.41, 5.74) is 7.23. The van der Waals surface area contributed by atoms with Gasteiger partial charge < -0.3 is 20.3 Å². The van der Waals surface area contributed by atoms with Crippen molar-refractivity contribution in [1.82, 2.24) is 0 Å². The molecular formula is C21H27NO4. The maximum Gasteiger partial charge on any atom is 0.404 e. The molecule has 0 atom stereocenters. The Morgan fingerprint density at radius 3 is 2.00 bits per heavy atom. The van der Waals surface area contributed by atoms with E-state index in [1.807, 2.05) is 24.3 Å². The average molecular weight is 357 g/mol. The zero-order valence-electron chi connectivity index (χ0n) is 15.4. The van der Waals surface area contributed by atoms with Gasteiger partial charge in [0, 0.05) is 11.8 Å². The first-order valence-electron chi connectivity index (χ1n) is 8.97. The number of carbonyl (C=O) groups excluding carboxylic acids is 1. The minimum atomic E-state index is -0.765. The molecule has 0 aliphatic carbocycles. The Hall–Kier alpha value is -2.69. The Morgan fingerprint density at radius 1 is 0.962 bits per heavy atom. The molecule has 1 amide bonds. The monoisotopic (exact) mass is 357 g/mol. The van der Waals surface area contributed by atoms with Gasteiger partial charge in [0.1, 0.15) is 11.5 Å².